The molecule has 0 saturated heterocycles. The number of benzene rings is 3. The molecule has 0 saturated carbocycles. The predicted octanol–water partition coefficient (Wildman–Crippen LogP) is 5.17. The number of hydrogen-bond donors (Lipinski definition) is 2. The normalized spacial score (nSPS) is 14.4. The van der Waals surface area contributed by atoms with Crippen LogP contribution in [0.1, 0.15) is 11.2 Å². The second-order valence-electron chi connectivity index (χ2n) is 6.93. The number of methoxy groups -OCH3 is 1. The number of para-hydroxylation sites is 1. The van der Waals surface area contributed by atoms with E-state index in [1.807, 2.05) is 36.4 Å². The van der Waals surface area contributed by atoms with E-state index in [-0.39, 0.29) is 0 Å². The van der Waals surface area contributed by atoms with Crippen LogP contribution in [-0.2, 0) is 9.36 Å². The zero-order valence-electron chi connectivity index (χ0n) is 16.0. The van der Waals surface area contributed by atoms with Gasteiger partial charge >= 0.3 is 0 Å². The largest absolute Gasteiger partial charge is 0.493 e. The highest BCUT2D eigenvalue weighted by atomic mass is 31.2. The summed E-state index contributed by atoms with van der Waals surface area (Å²) in [5.41, 5.74) is 0.0623. The molecule has 1 heterocycles. The molecule has 0 aliphatic carbocycles. The van der Waals surface area contributed by atoms with Crippen LogP contribution in [-0.4, -0.2) is 24.6 Å². The molecule has 2 N–H and O–H groups in total. The first-order chi connectivity index (χ1) is 13.9. The summed E-state index contributed by atoms with van der Waals surface area (Å²) in [4.78, 5) is 23.5. The van der Waals surface area contributed by atoms with Crippen LogP contribution in [0.15, 0.2) is 71.3 Å². The molecule has 4 rings (SSSR count). The van der Waals surface area contributed by atoms with E-state index in [0.29, 0.717) is 28.0 Å². The third-order valence-electron chi connectivity index (χ3n) is 4.85. The Morgan fingerprint density at radius 3 is 2.59 bits per heavy atom. The Labute approximate surface area is 167 Å². The molecule has 29 heavy (non-hydrogen) atoms. The van der Waals surface area contributed by atoms with Gasteiger partial charge in [-0.05, 0) is 29.0 Å². The Bertz CT molecular complexity index is 1260. The second-order valence-corrected chi connectivity index (χ2v) is 9.33. The lowest BCUT2D eigenvalue weighted by molar-refractivity contribution is -0.116. The van der Waals surface area contributed by atoms with Gasteiger partial charge in [-0.2, -0.15) is 0 Å². The minimum Gasteiger partial charge on any atom is -0.493 e. The van der Waals surface area contributed by atoms with Crippen molar-refractivity contribution in [2.45, 2.75) is 5.66 Å². The molecule has 0 radical (unpaired) electrons. The quantitative estimate of drug-likeness (QED) is 0.444. The number of hydrogen-bond acceptors (Lipinski definition) is 4. The number of rotatable bonds is 5. The molecule has 1 amide bonds. The van der Waals surface area contributed by atoms with Gasteiger partial charge in [0.05, 0.1) is 13.4 Å². The maximum Gasteiger partial charge on any atom is 0.241 e. The molecule has 6 nitrogen and oxygen atoms in total. The van der Waals surface area contributed by atoms with Crippen molar-refractivity contribution in [3.63, 3.8) is 0 Å². The summed E-state index contributed by atoms with van der Waals surface area (Å²) in [5.74, 6) is -0.0783. The number of furan rings is 1. The van der Waals surface area contributed by atoms with Crippen molar-refractivity contribution >= 4 is 40.7 Å². The molecular weight excluding hydrogens is 389 g/mol. The SMILES string of the molecule is COc1cccc2c(C(C(=O)Nc3ccc4ccccc4c3)P(C)(=O)O)coc12. The Kier molecular flexibility index (Phi) is 4.91. The minimum atomic E-state index is -3.85. The van der Waals surface area contributed by atoms with E-state index in [0.717, 1.165) is 10.8 Å². The molecule has 3 aromatic carbocycles. The van der Waals surface area contributed by atoms with Crippen molar-refractivity contribution in [2.75, 3.05) is 19.1 Å². The van der Waals surface area contributed by atoms with Gasteiger partial charge < -0.3 is 19.4 Å². The topological polar surface area (TPSA) is 88.8 Å². The first-order valence-corrected chi connectivity index (χ1v) is 11.2. The van der Waals surface area contributed by atoms with E-state index in [1.165, 1.54) is 20.0 Å². The van der Waals surface area contributed by atoms with Gasteiger partial charge in [-0.1, -0.05) is 42.5 Å². The lowest BCUT2D eigenvalue weighted by Gasteiger charge is -2.19. The highest BCUT2D eigenvalue weighted by Gasteiger charge is 2.37. The van der Waals surface area contributed by atoms with E-state index in [2.05, 4.69) is 5.32 Å². The maximum absolute atomic E-state index is 13.1. The Morgan fingerprint density at radius 1 is 1.10 bits per heavy atom. The lowest BCUT2D eigenvalue weighted by Crippen LogP contribution is -2.21. The van der Waals surface area contributed by atoms with Crippen molar-refractivity contribution in [1.82, 2.24) is 0 Å². The summed E-state index contributed by atoms with van der Waals surface area (Å²) >= 11 is 0. The Hall–Kier alpha value is -3.08. The van der Waals surface area contributed by atoms with E-state index < -0.39 is 18.9 Å². The summed E-state index contributed by atoms with van der Waals surface area (Å²) in [5, 5.41) is 5.35. The van der Waals surface area contributed by atoms with E-state index in [9.17, 15) is 14.3 Å². The summed E-state index contributed by atoms with van der Waals surface area (Å²) in [7, 11) is -2.33. The maximum atomic E-state index is 13.1. The van der Waals surface area contributed by atoms with E-state index >= 15 is 0 Å². The third kappa shape index (κ3) is 3.65. The summed E-state index contributed by atoms with van der Waals surface area (Å²) in [6.07, 6.45) is 1.35. The van der Waals surface area contributed by atoms with Gasteiger partial charge in [0.2, 0.25) is 13.3 Å². The predicted molar refractivity (Wildman–Crippen MR) is 114 cm³/mol. The van der Waals surface area contributed by atoms with Crippen LogP contribution in [0.5, 0.6) is 5.75 Å². The molecule has 2 unspecified atom stereocenters. The van der Waals surface area contributed by atoms with Gasteiger partial charge in [0.1, 0.15) is 5.66 Å². The molecule has 0 fully saturated rings. The first-order valence-electron chi connectivity index (χ1n) is 9.02. The highest BCUT2D eigenvalue weighted by Crippen LogP contribution is 2.54. The molecule has 0 aliphatic heterocycles. The Morgan fingerprint density at radius 2 is 1.86 bits per heavy atom. The molecule has 148 valence electrons. The third-order valence-corrected chi connectivity index (χ3v) is 6.32. The van der Waals surface area contributed by atoms with Crippen molar-refractivity contribution in [3.8, 4) is 5.75 Å². The summed E-state index contributed by atoms with van der Waals surface area (Å²) < 4.78 is 23.5. The highest BCUT2D eigenvalue weighted by molar-refractivity contribution is 7.58. The lowest BCUT2D eigenvalue weighted by atomic mass is 10.1. The number of amides is 1. The molecule has 0 aliphatic rings. The summed E-state index contributed by atoms with van der Waals surface area (Å²) in [6.45, 7) is 1.18. The molecule has 1 aromatic heterocycles. The molecule has 2 atom stereocenters. The number of fused-ring (bicyclic) bond motifs is 2. The fourth-order valence-electron chi connectivity index (χ4n) is 3.52. The van der Waals surface area contributed by atoms with Gasteiger partial charge in [-0.25, -0.2) is 0 Å². The molecule has 0 bridgehead atoms. The average Bonchev–Trinajstić information content (AvgIpc) is 3.10. The smallest absolute Gasteiger partial charge is 0.241 e. The molecule has 7 heteroatoms. The van der Waals surface area contributed by atoms with Crippen molar-refractivity contribution in [3.05, 3.63) is 72.5 Å². The van der Waals surface area contributed by atoms with Gasteiger partial charge in [0.25, 0.3) is 0 Å². The average molecular weight is 409 g/mol. The van der Waals surface area contributed by atoms with Crippen LogP contribution in [0.25, 0.3) is 21.7 Å². The van der Waals surface area contributed by atoms with Crippen LogP contribution in [0.3, 0.4) is 0 Å². The monoisotopic (exact) mass is 409 g/mol. The van der Waals surface area contributed by atoms with Crippen molar-refractivity contribution in [2.24, 2.45) is 0 Å². The number of carbonyl (C=O) groups excluding carboxylic acids is 1. The number of nitrogens with one attached hydrogen (secondary N) is 1. The first kappa shape index (κ1) is 19.2. The number of ether oxygens (including phenoxy) is 1. The minimum absolute atomic E-state index is 0.352. The van der Waals surface area contributed by atoms with Crippen molar-refractivity contribution < 1.29 is 23.4 Å². The van der Waals surface area contributed by atoms with E-state index in [1.54, 1.807) is 24.3 Å². The number of carbonyl (C=O) groups is 1. The van der Waals surface area contributed by atoms with Crippen LogP contribution < -0.4 is 10.1 Å². The summed E-state index contributed by atoms with van der Waals surface area (Å²) in [6, 6.07) is 18.5. The van der Waals surface area contributed by atoms with Crippen LogP contribution in [0.2, 0.25) is 0 Å². The van der Waals surface area contributed by atoms with Crippen molar-refractivity contribution in [1.29, 1.82) is 0 Å². The molecular formula is C22H20NO5P. The zero-order valence-corrected chi connectivity index (χ0v) is 16.9. The van der Waals surface area contributed by atoms with Gasteiger partial charge in [-0.3, -0.25) is 9.36 Å². The van der Waals surface area contributed by atoms with Crippen LogP contribution >= 0.6 is 7.37 Å². The van der Waals surface area contributed by atoms with E-state index in [4.69, 9.17) is 9.15 Å². The fraction of sp³-hybridized carbons (Fsp3) is 0.136. The number of anilines is 1. The molecule has 0 spiro atoms. The van der Waals surface area contributed by atoms with Gasteiger partial charge in [-0.15, -0.1) is 0 Å². The fourth-order valence-corrected chi connectivity index (χ4v) is 4.73. The van der Waals surface area contributed by atoms with Gasteiger partial charge in [0, 0.05) is 23.3 Å². The van der Waals surface area contributed by atoms with Crippen LogP contribution in [0, 0.1) is 0 Å². The van der Waals surface area contributed by atoms with Gasteiger partial charge in [0.15, 0.2) is 11.3 Å². The Balaban J connectivity index is 1.74. The second kappa shape index (κ2) is 7.39. The van der Waals surface area contributed by atoms with Crippen LogP contribution in [0.4, 0.5) is 5.69 Å². The molecule has 4 aromatic rings. The standard InChI is InChI=1S/C22H20NO5P/c1-27-19-9-5-8-17-18(13-28-20(17)19)21(29(2,25)26)22(24)23-16-11-10-14-6-3-4-7-15(14)12-16/h3-13,21H,1-2H3,(H,23,24)(H,25,26). The zero-order chi connectivity index (χ0) is 20.6.